The Labute approximate surface area is 142 Å². The summed E-state index contributed by atoms with van der Waals surface area (Å²) in [6.45, 7) is 5.32. The Morgan fingerprint density at radius 1 is 1.33 bits per heavy atom. The lowest BCUT2D eigenvalue weighted by atomic mass is 10.0. The predicted molar refractivity (Wildman–Crippen MR) is 89.2 cm³/mol. The number of nitrogens with zero attached hydrogens (tertiary/aromatic N) is 3. The van der Waals surface area contributed by atoms with Crippen molar-refractivity contribution in [1.82, 2.24) is 14.8 Å². The van der Waals surface area contributed by atoms with E-state index in [1.54, 1.807) is 31.1 Å². The van der Waals surface area contributed by atoms with Crippen LogP contribution in [0.1, 0.15) is 19.4 Å². The average molecular weight is 353 g/mol. The molecule has 0 saturated carbocycles. The lowest BCUT2D eigenvalue weighted by molar-refractivity contribution is 0.0163. The quantitative estimate of drug-likeness (QED) is 0.804. The highest BCUT2D eigenvalue weighted by Crippen LogP contribution is 2.28. The van der Waals surface area contributed by atoms with Crippen molar-refractivity contribution in [2.45, 2.75) is 38.6 Å². The molecule has 3 rings (SSSR count). The van der Waals surface area contributed by atoms with Crippen LogP contribution in [0.2, 0.25) is 0 Å². The number of pyridine rings is 1. The third-order valence-corrected chi connectivity index (χ3v) is 6.17. The van der Waals surface area contributed by atoms with Crippen molar-refractivity contribution in [1.29, 1.82) is 0 Å². The Bertz CT molecular complexity index is 693. The molecule has 0 aromatic carbocycles. The molecule has 8 heteroatoms. The average Bonchev–Trinajstić information content (AvgIpc) is 2.83. The molecule has 0 N–H and O–H groups in total. The minimum Gasteiger partial charge on any atom is -0.447 e. The highest BCUT2D eigenvalue weighted by molar-refractivity contribution is 7.91. The maximum absolute atomic E-state index is 12.3. The van der Waals surface area contributed by atoms with Gasteiger partial charge in [0.05, 0.1) is 23.7 Å². The second-order valence-corrected chi connectivity index (χ2v) is 8.82. The second-order valence-electron chi connectivity index (χ2n) is 6.67. The van der Waals surface area contributed by atoms with Crippen LogP contribution in [-0.4, -0.2) is 72.1 Å². The van der Waals surface area contributed by atoms with Crippen molar-refractivity contribution in [2.24, 2.45) is 0 Å². The van der Waals surface area contributed by atoms with Crippen LogP contribution in [-0.2, 0) is 21.1 Å². The van der Waals surface area contributed by atoms with Crippen LogP contribution >= 0.6 is 0 Å². The number of carbonyl (C=O) groups excluding carboxylic acids is 1. The topological polar surface area (TPSA) is 79.8 Å². The number of sulfone groups is 1. The van der Waals surface area contributed by atoms with Crippen LogP contribution in [0.25, 0.3) is 0 Å². The Morgan fingerprint density at radius 3 is 2.75 bits per heavy atom. The van der Waals surface area contributed by atoms with E-state index in [-0.39, 0.29) is 29.7 Å². The molecule has 1 aromatic rings. The molecular formula is C16H23N3O4S. The zero-order chi connectivity index (χ0) is 17.3. The first-order valence-electron chi connectivity index (χ1n) is 8.16. The van der Waals surface area contributed by atoms with Gasteiger partial charge in [-0.25, -0.2) is 13.2 Å². The van der Waals surface area contributed by atoms with Crippen molar-refractivity contribution in [3.05, 3.63) is 30.1 Å². The summed E-state index contributed by atoms with van der Waals surface area (Å²) in [6.07, 6.45) is 2.87. The van der Waals surface area contributed by atoms with Crippen molar-refractivity contribution in [3.63, 3.8) is 0 Å². The third-order valence-electron chi connectivity index (χ3n) is 4.47. The van der Waals surface area contributed by atoms with E-state index in [2.05, 4.69) is 9.88 Å². The number of fused-ring (bicyclic) bond motifs is 1. The number of ether oxygens (including phenoxy) is 1. The number of piperazine rings is 1. The molecule has 0 unspecified atom stereocenters. The summed E-state index contributed by atoms with van der Waals surface area (Å²) in [7, 11) is -3.16. The summed E-state index contributed by atoms with van der Waals surface area (Å²) < 4.78 is 29.6. The van der Waals surface area contributed by atoms with E-state index >= 15 is 0 Å². The summed E-state index contributed by atoms with van der Waals surface area (Å²) in [5.74, 6) is 0.0950. The van der Waals surface area contributed by atoms with Gasteiger partial charge in [0, 0.05) is 38.1 Å². The molecule has 0 aliphatic carbocycles. The fourth-order valence-electron chi connectivity index (χ4n) is 3.44. The summed E-state index contributed by atoms with van der Waals surface area (Å²) in [6, 6.07) is 3.31. The third kappa shape index (κ3) is 3.70. The van der Waals surface area contributed by atoms with Crippen molar-refractivity contribution < 1.29 is 17.9 Å². The minimum atomic E-state index is -3.16. The van der Waals surface area contributed by atoms with Gasteiger partial charge in [0.15, 0.2) is 9.84 Å². The van der Waals surface area contributed by atoms with Gasteiger partial charge in [-0.2, -0.15) is 0 Å². The van der Waals surface area contributed by atoms with Gasteiger partial charge in [0.25, 0.3) is 0 Å². The first-order chi connectivity index (χ1) is 11.4. The normalized spacial score (nSPS) is 26.4. The molecular weight excluding hydrogens is 330 g/mol. The maximum Gasteiger partial charge on any atom is 0.410 e. The number of aromatic nitrogens is 1. The highest BCUT2D eigenvalue weighted by atomic mass is 32.2. The molecule has 132 valence electrons. The number of hydrogen-bond acceptors (Lipinski definition) is 6. The van der Waals surface area contributed by atoms with Gasteiger partial charge in [-0.15, -0.1) is 0 Å². The molecule has 2 aliphatic heterocycles. The second kappa shape index (κ2) is 6.68. The van der Waals surface area contributed by atoms with E-state index in [9.17, 15) is 13.2 Å². The molecule has 0 bridgehead atoms. The van der Waals surface area contributed by atoms with E-state index in [1.807, 2.05) is 12.1 Å². The zero-order valence-corrected chi connectivity index (χ0v) is 14.8. The standard InChI is InChI=1S/C16H23N3O4S/c1-12(2)23-16(20)19-7-6-18(9-13-4-3-5-17-8-13)14-10-24(21,22)11-15(14)19/h3-5,8,12,14-15H,6-7,9-11H2,1-2H3/t14-,15+/m1/s1. The zero-order valence-electron chi connectivity index (χ0n) is 14.0. The molecule has 2 fully saturated rings. The van der Waals surface area contributed by atoms with Crippen LogP contribution in [0.5, 0.6) is 0 Å². The Hall–Kier alpha value is -1.67. The van der Waals surface area contributed by atoms with Gasteiger partial charge in [0.1, 0.15) is 0 Å². The lowest BCUT2D eigenvalue weighted by Crippen LogP contribution is -2.60. The Morgan fingerprint density at radius 2 is 2.08 bits per heavy atom. The number of rotatable bonds is 3. The fourth-order valence-corrected chi connectivity index (χ4v) is 5.46. The molecule has 0 radical (unpaired) electrons. The number of hydrogen-bond donors (Lipinski definition) is 0. The number of carbonyl (C=O) groups is 1. The molecule has 1 aromatic heterocycles. The summed E-state index contributed by atoms with van der Waals surface area (Å²) >= 11 is 0. The van der Waals surface area contributed by atoms with Gasteiger partial charge >= 0.3 is 6.09 Å². The number of amides is 1. The van der Waals surface area contributed by atoms with E-state index in [0.29, 0.717) is 19.6 Å². The highest BCUT2D eigenvalue weighted by Gasteiger charge is 2.48. The van der Waals surface area contributed by atoms with Crippen LogP contribution in [0.4, 0.5) is 4.79 Å². The fraction of sp³-hybridized carbons (Fsp3) is 0.625. The SMILES string of the molecule is CC(C)OC(=O)N1CCN(Cc2cccnc2)[C@@H]2CS(=O)(=O)C[C@@H]21. The Kier molecular flexibility index (Phi) is 4.78. The van der Waals surface area contributed by atoms with Gasteiger partial charge in [-0.05, 0) is 25.5 Å². The molecule has 2 atom stereocenters. The van der Waals surface area contributed by atoms with E-state index in [0.717, 1.165) is 5.56 Å². The first kappa shape index (κ1) is 17.2. The molecule has 3 heterocycles. The smallest absolute Gasteiger partial charge is 0.410 e. The van der Waals surface area contributed by atoms with Crippen molar-refractivity contribution in [2.75, 3.05) is 24.6 Å². The molecule has 1 amide bonds. The van der Waals surface area contributed by atoms with E-state index in [4.69, 9.17) is 4.74 Å². The van der Waals surface area contributed by atoms with Gasteiger partial charge < -0.3 is 9.64 Å². The molecule has 0 spiro atoms. The van der Waals surface area contributed by atoms with Crippen LogP contribution in [0.3, 0.4) is 0 Å². The van der Waals surface area contributed by atoms with Crippen LogP contribution in [0, 0.1) is 0 Å². The minimum absolute atomic E-state index is 0.00833. The van der Waals surface area contributed by atoms with Crippen molar-refractivity contribution in [3.8, 4) is 0 Å². The summed E-state index contributed by atoms with van der Waals surface area (Å²) in [5, 5.41) is 0. The van der Waals surface area contributed by atoms with Gasteiger partial charge in [-0.1, -0.05) is 6.07 Å². The van der Waals surface area contributed by atoms with E-state index in [1.165, 1.54) is 0 Å². The summed E-state index contributed by atoms with van der Waals surface area (Å²) in [5.41, 5.74) is 1.04. The largest absolute Gasteiger partial charge is 0.447 e. The lowest BCUT2D eigenvalue weighted by Gasteiger charge is -2.43. The van der Waals surface area contributed by atoms with Gasteiger partial charge in [0.2, 0.25) is 0 Å². The molecule has 7 nitrogen and oxygen atoms in total. The maximum atomic E-state index is 12.3. The Balaban J connectivity index is 1.78. The summed E-state index contributed by atoms with van der Waals surface area (Å²) in [4.78, 5) is 20.2. The van der Waals surface area contributed by atoms with E-state index < -0.39 is 15.9 Å². The molecule has 24 heavy (non-hydrogen) atoms. The van der Waals surface area contributed by atoms with Crippen molar-refractivity contribution >= 4 is 15.9 Å². The molecule has 2 saturated heterocycles. The predicted octanol–water partition coefficient (Wildman–Crippen LogP) is 0.910. The first-order valence-corrected chi connectivity index (χ1v) is 9.98. The van der Waals surface area contributed by atoms with Gasteiger partial charge in [-0.3, -0.25) is 9.88 Å². The monoisotopic (exact) mass is 353 g/mol. The van der Waals surface area contributed by atoms with Crippen LogP contribution in [0.15, 0.2) is 24.5 Å². The molecule has 2 aliphatic rings. The van der Waals surface area contributed by atoms with Crippen LogP contribution < -0.4 is 0 Å².